The van der Waals surface area contributed by atoms with Crippen LogP contribution in [0, 0.1) is 6.92 Å². The molecule has 0 saturated carbocycles. The predicted octanol–water partition coefficient (Wildman–Crippen LogP) is 3.40. The molecule has 0 bridgehead atoms. The van der Waals surface area contributed by atoms with Crippen LogP contribution in [0.1, 0.15) is 36.4 Å². The lowest BCUT2D eigenvalue weighted by Gasteiger charge is -2.36. The van der Waals surface area contributed by atoms with Crippen LogP contribution < -0.4 is 4.90 Å². The van der Waals surface area contributed by atoms with Crippen LogP contribution >= 0.6 is 0 Å². The maximum absolute atomic E-state index is 5.85. The number of rotatable bonds is 3. The van der Waals surface area contributed by atoms with Gasteiger partial charge < -0.3 is 14.2 Å². The summed E-state index contributed by atoms with van der Waals surface area (Å²) in [5.74, 6) is 0.916. The largest absolute Gasteiger partial charge is 0.372 e. The number of aromatic nitrogens is 3. The Morgan fingerprint density at radius 2 is 1.86 bits per heavy atom. The molecule has 1 fully saturated rings. The van der Waals surface area contributed by atoms with Gasteiger partial charge in [0.25, 0.3) is 0 Å². The van der Waals surface area contributed by atoms with E-state index in [1.54, 1.807) is 12.6 Å². The lowest BCUT2D eigenvalue weighted by atomic mass is 9.97. The minimum atomic E-state index is 0.177. The van der Waals surface area contributed by atoms with E-state index in [2.05, 4.69) is 52.1 Å². The summed E-state index contributed by atoms with van der Waals surface area (Å²) in [6.45, 7) is 8.44. The van der Waals surface area contributed by atoms with Crippen molar-refractivity contribution >= 4 is 11.5 Å². The van der Waals surface area contributed by atoms with Crippen LogP contribution in [0.4, 0.5) is 5.82 Å². The fourth-order valence-electron chi connectivity index (χ4n) is 4.15. The molecule has 0 radical (unpaired) electrons. The number of morpholine rings is 1. The first kappa shape index (κ1) is 18.0. The van der Waals surface area contributed by atoms with Gasteiger partial charge in [-0.2, -0.15) is 0 Å². The van der Waals surface area contributed by atoms with E-state index in [1.807, 2.05) is 13.0 Å². The quantitative estimate of drug-likeness (QED) is 0.683. The highest BCUT2D eigenvalue weighted by Gasteiger charge is 2.25. The first-order chi connectivity index (χ1) is 14.1. The summed E-state index contributed by atoms with van der Waals surface area (Å²) in [5.41, 5.74) is 7.01. The summed E-state index contributed by atoms with van der Waals surface area (Å²) in [7, 11) is 0. The van der Waals surface area contributed by atoms with Gasteiger partial charge in [0.15, 0.2) is 0 Å². The Balaban J connectivity index is 1.49. The summed E-state index contributed by atoms with van der Waals surface area (Å²) < 4.78 is 11.0. The van der Waals surface area contributed by atoms with Crippen LogP contribution in [-0.4, -0.2) is 46.1 Å². The second-order valence-corrected chi connectivity index (χ2v) is 7.77. The monoisotopic (exact) mass is 389 g/mol. The van der Waals surface area contributed by atoms with E-state index >= 15 is 0 Å². The maximum atomic E-state index is 5.85. The van der Waals surface area contributed by atoms with Crippen molar-refractivity contribution < 1.29 is 9.26 Å². The minimum absolute atomic E-state index is 0.177. The number of aryl methyl sites for hydroxylation is 1. The average molecular weight is 389 g/mol. The molecule has 0 aliphatic carbocycles. The van der Waals surface area contributed by atoms with E-state index in [9.17, 15) is 0 Å². The second-order valence-electron chi connectivity index (χ2n) is 7.77. The molecule has 3 aromatic rings. The average Bonchev–Trinajstić information content (AvgIpc) is 3.33. The summed E-state index contributed by atoms with van der Waals surface area (Å²) in [4.78, 5) is 16.1. The van der Waals surface area contributed by atoms with E-state index < -0.39 is 0 Å². The molecule has 5 rings (SSSR count). The van der Waals surface area contributed by atoms with Gasteiger partial charge in [0.1, 0.15) is 18.4 Å². The molecule has 2 atom stereocenters. The Labute approximate surface area is 169 Å². The van der Waals surface area contributed by atoms with Crippen LogP contribution in [-0.2, 0) is 11.3 Å². The first-order valence-corrected chi connectivity index (χ1v) is 9.90. The zero-order valence-corrected chi connectivity index (χ0v) is 16.8. The van der Waals surface area contributed by atoms with Gasteiger partial charge in [-0.1, -0.05) is 17.3 Å². The van der Waals surface area contributed by atoms with Crippen molar-refractivity contribution in [1.82, 2.24) is 15.1 Å². The maximum Gasteiger partial charge on any atom is 0.132 e. The number of benzene rings is 1. The van der Waals surface area contributed by atoms with Crippen molar-refractivity contribution in [2.45, 2.75) is 39.5 Å². The van der Waals surface area contributed by atoms with Crippen molar-refractivity contribution in [3.63, 3.8) is 0 Å². The van der Waals surface area contributed by atoms with Gasteiger partial charge in [-0.3, -0.25) is 4.99 Å². The summed E-state index contributed by atoms with van der Waals surface area (Å²) >= 11 is 0. The van der Waals surface area contributed by atoms with E-state index in [4.69, 9.17) is 14.3 Å². The third kappa shape index (κ3) is 3.31. The normalized spacial score (nSPS) is 21.2. The van der Waals surface area contributed by atoms with Crippen molar-refractivity contribution in [1.29, 1.82) is 0 Å². The topological polar surface area (TPSA) is 76.6 Å². The highest BCUT2D eigenvalue weighted by molar-refractivity contribution is 6.14. The fraction of sp³-hybridized carbons (Fsp3) is 0.364. The number of anilines is 1. The van der Waals surface area contributed by atoms with Crippen molar-refractivity contribution in [2.24, 2.45) is 4.99 Å². The standard InChI is InChI=1S/C22H23N5O2/c1-13-9-27(10-14(2)29-13)21-7-20(24-12-25-21)22-18-6-16(4-5-17(18)8-23-22)19-11-28-26-15(19)3/h4-7,11-14H,8-10H2,1-3H3/t13-,14+. The lowest BCUT2D eigenvalue weighted by Crippen LogP contribution is -2.45. The number of aliphatic imine (C=N–C) groups is 1. The minimum Gasteiger partial charge on any atom is -0.372 e. The molecule has 0 unspecified atom stereocenters. The Hall–Kier alpha value is -3.06. The first-order valence-electron chi connectivity index (χ1n) is 9.90. The van der Waals surface area contributed by atoms with Crippen molar-refractivity contribution in [2.75, 3.05) is 18.0 Å². The van der Waals surface area contributed by atoms with Gasteiger partial charge in [-0.15, -0.1) is 0 Å². The van der Waals surface area contributed by atoms with Crippen molar-refractivity contribution in [3.05, 3.63) is 59.4 Å². The van der Waals surface area contributed by atoms with Crippen LogP contribution in [0.3, 0.4) is 0 Å². The Bertz CT molecular complexity index is 1080. The number of ether oxygens (including phenoxy) is 1. The second kappa shape index (κ2) is 7.08. The van der Waals surface area contributed by atoms with E-state index in [0.717, 1.165) is 52.7 Å². The lowest BCUT2D eigenvalue weighted by molar-refractivity contribution is -0.00546. The molecule has 29 heavy (non-hydrogen) atoms. The summed E-state index contributed by atoms with van der Waals surface area (Å²) in [6.07, 6.45) is 3.67. The molecule has 4 heterocycles. The SMILES string of the molecule is Cc1nocc1-c1ccc2c(c1)C(c1cc(N3C[C@@H](C)O[C@@H](C)C3)ncn1)=NC2. The third-order valence-electron chi connectivity index (χ3n) is 5.47. The molecule has 148 valence electrons. The highest BCUT2D eigenvalue weighted by Crippen LogP contribution is 2.30. The van der Waals surface area contributed by atoms with Crippen LogP contribution in [0.5, 0.6) is 0 Å². The molecule has 2 aliphatic rings. The Morgan fingerprint density at radius 1 is 1.03 bits per heavy atom. The van der Waals surface area contributed by atoms with Crippen LogP contribution in [0.15, 0.2) is 46.4 Å². The van der Waals surface area contributed by atoms with Gasteiger partial charge in [-0.05, 0) is 38.0 Å². The number of hydrogen-bond donors (Lipinski definition) is 0. The number of fused-ring (bicyclic) bond motifs is 1. The summed E-state index contributed by atoms with van der Waals surface area (Å²) in [5, 5.41) is 4.00. The number of hydrogen-bond acceptors (Lipinski definition) is 7. The number of nitrogens with zero attached hydrogens (tertiary/aromatic N) is 5. The molecule has 2 aliphatic heterocycles. The van der Waals surface area contributed by atoms with Gasteiger partial charge in [0, 0.05) is 30.3 Å². The zero-order chi connectivity index (χ0) is 20.0. The molecular weight excluding hydrogens is 366 g/mol. The van der Waals surface area contributed by atoms with E-state index in [-0.39, 0.29) is 12.2 Å². The van der Waals surface area contributed by atoms with Gasteiger partial charge >= 0.3 is 0 Å². The van der Waals surface area contributed by atoms with E-state index in [1.165, 1.54) is 5.56 Å². The van der Waals surface area contributed by atoms with Crippen molar-refractivity contribution in [3.8, 4) is 11.1 Å². The molecule has 0 spiro atoms. The Morgan fingerprint density at radius 3 is 2.62 bits per heavy atom. The van der Waals surface area contributed by atoms with Gasteiger partial charge in [0.05, 0.1) is 35.9 Å². The van der Waals surface area contributed by atoms with Crippen LogP contribution in [0.2, 0.25) is 0 Å². The fourth-order valence-corrected chi connectivity index (χ4v) is 4.15. The molecule has 7 nitrogen and oxygen atoms in total. The highest BCUT2D eigenvalue weighted by atomic mass is 16.5. The summed E-state index contributed by atoms with van der Waals surface area (Å²) in [6, 6.07) is 8.41. The molecule has 1 aromatic carbocycles. The third-order valence-corrected chi connectivity index (χ3v) is 5.47. The molecule has 0 N–H and O–H groups in total. The Kier molecular flexibility index (Phi) is 4.39. The molecular formula is C22H23N5O2. The predicted molar refractivity (Wildman–Crippen MR) is 110 cm³/mol. The zero-order valence-electron chi connectivity index (χ0n) is 16.8. The smallest absolute Gasteiger partial charge is 0.132 e. The van der Waals surface area contributed by atoms with E-state index in [0.29, 0.717) is 6.54 Å². The van der Waals surface area contributed by atoms with Gasteiger partial charge in [-0.25, -0.2) is 9.97 Å². The molecule has 7 heteroatoms. The van der Waals surface area contributed by atoms with Gasteiger partial charge in [0.2, 0.25) is 0 Å². The van der Waals surface area contributed by atoms with Crippen LogP contribution in [0.25, 0.3) is 11.1 Å². The molecule has 2 aromatic heterocycles. The molecule has 0 amide bonds. The molecule has 1 saturated heterocycles.